The molecule has 1 saturated carbocycles. The summed E-state index contributed by atoms with van der Waals surface area (Å²) in [7, 11) is 2.20. The predicted molar refractivity (Wildman–Crippen MR) is 79.1 cm³/mol. The summed E-state index contributed by atoms with van der Waals surface area (Å²) < 4.78 is 0. The van der Waals surface area contributed by atoms with Gasteiger partial charge in [-0.3, -0.25) is 0 Å². The minimum atomic E-state index is 0.0847. The summed E-state index contributed by atoms with van der Waals surface area (Å²) in [5.41, 5.74) is 6.19. The minimum Gasteiger partial charge on any atom is -0.396 e. The Kier molecular flexibility index (Phi) is 5.23. The first kappa shape index (κ1) is 15.2. The lowest BCUT2D eigenvalue weighted by Crippen LogP contribution is -2.63. The average Bonchev–Trinajstić information content (AvgIpc) is 2.44. The summed E-state index contributed by atoms with van der Waals surface area (Å²) in [5.74, 6) is 0.423. The van der Waals surface area contributed by atoms with Crippen LogP contribution in [-0.4, -0.2) is 54.4 Å². The molecule has 1 aliphatic heterocycles. The fourth-order valence-electron chi connectivity index (χ4n) is 3.82. The van der Waals surface area contributed by atoms with E-state index < -0.39 is 0 Å². The van der Waals surface area contributed by atoms with Crippen LogP contribution in [0.3, 0.4) is 0 Å². The van der Waals surface area contributed by atoms with E-state index in [-0.39, 0.29) is 5.54 Å². The number of nitrogens with zero attached hydrogens (tertiary/aromatic N) is 1. The van der Waals surface area contributed by atoms with E-state index in [1.165, 1.54) is 19.3 Å². The zero-order chi connectivity index (χ0) is 13.9. The van der Waals surface area contributed by atoms with Crippen molar-refractivity contribution in [1.29, 1.82) is 0 Å². The zero-order valence-electron chi connectivity index (χ0n) is 12.6. The van der Waals surface area contributed by atoms with Crippen LogP contribution in [0.4, 0.5) is 0 Å². The molecular weight excluding hydrogens is 238 g/mol. The van der Waals surface area contributed by atoms with Crippen molar-refractivity contribution in [3.63, 3.8) is 0 Å². The van der Waals surface area contributed by atoms with E-state index >= 15 is 0 Å². The lowest BCUT2D eigenvalue weighted by atomic mass is 9.79. The van der Waals surface area contributed by atoms with Crippen LogP contribution in [0.15, 0.2) is 0 Å². The van der Waals surface area contributed by atoms with E-state index in [9.17, 15) is 5.11 Å². The maximum atomic E-state index is 9.56. The number of aliphatic hydroxyl groups excluding tert-OH is 1. The number of piperidine rings is 1. The van der Waals surface area contributed by atoms with Gasteiger partial charge in [-0.05, 0) is 52.1 Å². The predicted octanol–water partition coefficient (Wildman–Crippen LogP) is 0.939. The number of hydrogen-bond donors (Lipinski definition) is 3. The molecule has 4 heteroatoms. The number of rotatable bonds is 4. The van der Waals surface area contributed by atoms with Crippen molar-refractivity contribution >= 4 is 0 Å². The summed E-state index contributed by atoms with van der Waals surface area (Å²) in [6, 6.07) is 1.04. The second kappa shape index (κ2) is 6.53. The molecule has 19 heavy (non-hydrogen) atoms. The van der Waals surface area contributed by atoms with Crippen LogP contribution in [0.5, 0.6) is 0 Å². The van der Waals surface area contributed by atoms with Gasteiger partial charge in [0.25, 0.3) is 0 Å². The van der Waals surface area contributed by atoms with Gasteiger partial charge in [0.05, 0.1) is 0 Å². The van der Waals surface area contributed by atoms with Crippen LogP contribution in [0.1, 0.15) is 45.4 Å². The average molecular weight is 269 g/mol. The third-order valence-corrected chi connectivity index (χ3v) is 5.41. The van der Waals surface area contributed by atoms with Crippen molar-refractivity contribution in [3.05, 3.63) is 0 Å². The molecule has 0 radical (unpaired) electrons. The molecule has 4 atom stereocenters. The normalized spacial score (nSPS) is 41.4. The molecule has 0 amide bonds. The third-order valence-electron chi connectivity index (χ3n) is 5.41. The van der Waals surface area contributed by atoms with Gasteiger partial charge in [0.15, 0.2) is 0 Å². The third kappa shape index (κ3) is 3.48. The molecule has 4 nitrogen and oxygen atoms in total. The largest absolute Gasteiger partial charge is 0.396 e. The topological polar surface area (TPSA) is 61.5 Å². The molecule has 1 heterocycles. The van der Waals surface area contributed by atoms with Gasteiger partial charge in [-0.2, -0.15) is 0 Å². The number of aliphatic hydroxyl groups is 1. The lowest BCUT2D eigenvalue weighted by molar-refractivity contribution is 0.0725. The molecule has 2 fully saturated rings. The van der Waals surface area contributed by atoms with Gasteiger partial charge in [0.1, 0.15) is 0 Å². The smallest absolute Gasteiger partial charge is 0.0474 e. The first-order valence-electron chi connectivity index (χ1n) is 7.89. The molecule has 0 bridgehead atoms. The molecule has 2 aliphatic rings. The van der Waals surface area contributed by atoms with E-state index in [4.69, 9.17) is 5.73 Å². The van der Waals surface area contributed by atoms with Crippen molar-refractivity contribution in [2.24, 2.45) is 11.7 Å². The maximum absolute atomic E-state index is 9.56. The van der Waals surface area contributed by atoms with Gasteiger partial charge in [-0.1, -0.05) is 12.8 Å². The summed E-state index contributed by atoms with van der Waals surface area (Å²) in [6.45, 7) is 4.42. The molecule has 0 spiro atoms. The monoisotopic (exact) mass is 269 g/mol. The highest BCUT2D eigenvalue weighted by Gasteiger charge is 2.39. The second-order valence-electron chi connectivity index (χ2n) is 6.75. The van der Waals surface area contributed by atoms with E-state index in [0.29, 0.717) is 31.2 Å². The summed E-state index contributed by atoms with van der Waals surface area (Å²) in [6.07, 6.45) is 7.14. The van der Waals surface area contributed by atoms with Crippen molar-refractivity contribution in [3.8, 4) is 0 Å². The van der Waals surface area contributed by atoms with Crippen molar-refractivity contribution < 1.29 is 5.11 Å². The lowest BCUT2D eigenvalue weighted by Gasteiger charge is -2.48. The van der Waals surface area contributed by atoms with E-state index in [2.05, 4.69) is 24.2 Å². The molecule has 0 aromatic carbocycles. The summed E-state index contributed by atoms with van der Waals surface area (Å²) in [4.78, 5) is 2.42. The number of likely N-dealkylation sites (tertiary alicyclic amines) is 1. The van der Waals surface area contributed by atoms with Crippen LogP contribution in [0.2, 0.25) is 0 Å². The number of nitrogens with two attached hydrogens (primary N) is 1. The van der Waals surface area contributed by atoms with Crippen molar-refractivity contribution in [2.75, 3.05) is 26.7 Å². The Labute approximate surface area is 117 Å². The Morgan fingerprint density at radius 1 is 1.37 bits per heavy atom. The second-order valence-corrected chi connectivity index (χ2v) is 6.75. The quantitative estimate of drug-likeness (QED) is 0.711. The van der Waals surface area contributed by atoms with Crippen LogP contribution in [-0.2, 0) is 0 Å². The van der Waals surface area contributed by atoms with Gasteiger partial charge in [-0.15, -0.1) is 0 Å². The van der Waals surface area contributed by atoms with Crippen molar-refractivity contribution in [1.82, 2.24) is 10.2 Å². The van der Waals surface area contributed by atoms with Gasteiger partial charge >= 0.3 is 0 Å². The highest BCUT2D eigenvalue weighted by Crippen LogP contribution is 2.30. The molecular formula is C15H31N3O. The van der Waals surface area contributed by atoms with Crippen molar-refractivity contribution in [2.45, 2.75) is 63.1 Å². The summed E-state index contributed by atoms with van der Waals surface area (Å²) in [5, 5.41) is 13.4. The van der Waals surface area contributed by atoms with Gasteiger partial charge in [0, 0.05) is 30.8 Å². The molecule has 4 unspecified atom stereocenters. The van der Waals surface area contributed by atoms with Crippen LogP contribution in [0.25, 0.3) is 0 Å². The molecule has 112 valence electrons. The first-order valence-corrected chi connectivity index (χ1v) is 7.89. The molecule has 1 aliphatic carbocycles. The number of nitrogens with one attached hydrogen (secondary N) is 1. The Bertz CT molecular complexity index is 287. The van der Waals surface area contributed by atoms with Crippen LogP contribution < -0.4 is 11.1 Å². The highest BCUT2D eigenvalue weighted by molar-refractivity contribution is 5.00. The van der Waals surface area contributed by atoms with Crippen LogP contribution in [0, 0.1) is 5.92 Å². The Morgan fingerprint density at radius 2 is 2.11 bits per heavy atom. The summed E-state index contributed by atoms with van der Waals surface area (Å²) >= 11 is 0. The van der Waals surface area contributed by atoms with E-state index in [0.717, 1.165) is 25.8 Å². The maximum Gasteiger partial charge on any atom is 0.0474 e. The molecule has 2 rings (SSSR count). The van der Waals surface area contributed by atoms with E-state index in [1.54, 1.807) is 0 Å². The van der Waals surface area contributed by atoms with Gasteiger partial charge in [0.2, 0.25) is 0 Å². The fraction of sp³-hybridized carbons (Fsp3) is 1.00. The minimum absolute atomic E-state index is 0.0847. The van der Waals surface area contributed by atoms with Crippen LogP contribution >= 0.6 is 0 Å². The van der Waals surface area contributed by atoms with Gasteiger partial charge < -0.3 is 21.1 Å². The first-order chi connectivity index (χ1) is 9.10. The highest BCUT2D eigenvalue weighted by atomic mass is 16.3. The fourth-order valence-corrected chi connectivity index (χ4v) is 3.82. The zero-order valence-corrected chi connectivity index (χ0v) is 12.6. The standard InChI is InChI=1S/C15H31N3O/c1-12-9-15(11-16,7-8-18(12)2)17-14-6-4-3-5-13(14)10-19/h12-14,17,19H,3-11,16H2,1-2H3. The van der Waals surface area contributed by atoms with E-state index in [1.807, 2.05) is 0 Å². The molecule has 1 saturated heterocycles. The SMILES string of the molecule is CC1CC(CN)(NC2CCCCC2CO)CCN1C. The Hall–Kier alpha value is -0.160. The Balaban J connectivity index is 2.01. The number of hydrogen-bond acceptors (Lipinski definition) is 4. The molecule has 0 aromatic rings. The Morgan fingerprint density at radius 3 is 2.74 bits per heavy atom. The molecule has 0 aromatic heterocycles. The molecule has 4 N–H and O–H groups in total. The van der Waals surface area contributed by atoms with Gasteiger partial charge in [-0.25, -0.2) is 0 Å².